The summed E-state index contributed by atoms with van der Waals surface area (Å²) in [5.41, 5.74) is 6.10. The van der Waals surface area contributed by atoms with E-state index in [1.807, 2.05) is 13.0 Å². The largest absolute Gasteiger partial charge is 0.459 e. The summed E-state index contributed by atoms with van der Waals surface area (Å²) in [4.78, 5) is 13.7. The maximum atomic E-state index is 16.8. The summed E-state index contributed by atoms with van der Waals surface area (Å²) in [5.74, 6) is -0.751. The first-order chi connectivity index (χ1) is 20.7. The van der Waals surface area contributed by atoms with E-state index >= 15 is 4.39 Å². The van der Waals surface area contributed by atoms with Crippen LogP contribution in [0.3, 0.4) is 0 Å². The number of nitrogens with one attached hydrogen (secondary N) is 1. The SMILES string of the molecule is CC(Oc1nc(N2CCOC3(CNC3)C2)c2cc(Cl)c(-c3ccc(F)c4sc(N)c(C#N)c34)c(F)c2n1)[C@@H]1CCCN1C. The molecule has 5 heterocycles. The average molecular weight is 626 g/mol. The predicted octanol–water partition coefficient (Wildman–Crippen LogP) is 4.94. The van der Waals surface area contributed by atoms with Gasteiger partial charge < -0.3 is 25.4 Å². The lowest BCUT2D eigenvalue weighted by Gasteiger charge is -2.49. The van der Waals surface area contributed by atoms with E-state index in [1.54, 1.807) is 6.07 Å². The van der Waals surface area contributed by atoms with Gasteiger partial charge in [-0.3, -0.25) is 4.90 Å². The molecule has 43 heavy (non-hydrogen) atoms. The van der Waals surface area contributed by atoms with Gasteiger partial charge in [0, 0.05) is 42.0 Å². The molecule has 13 heteroatoms. The molecule has 3 aliphatic heterocycles. The molecular weight excluding hydrogens is 596 g/mol. The van der Waals surface area contributed by atoms with Gasteiger partial charge in [-0.2, -0.15) is 15.2 Å². The van der Waals surface area contributed by atoms with Crippen LogP contribution >= 0.6 is 22.9 Å². The number of nitriles is 1. The molecule has 2 aromatic heterocycles. The summed E-state index contributed by atoms with van der Waals surface area (Å²) < 4.78 is 44.2. The van der Waals surface area contributed by atoms with Crippen LogP contribution in [-0.4, -0.2) is 79.0 Å². The highest BCUT2D eigenvalue weighted by Crippen LogP contribution is 2.46. The normalized spacial score (nSPS) is 20.9. The molecule has 3 fully saturated rings. The maximum absolute atomic E-state index is 16.8. The number of aromatic nitrogens is 2. The van der Waals surface area contributed by atoms with Crippen molar-refractivity contribution in [3.05, 3.63) is 40.4 Å². The van der Waals surface area contributed by atoms with E-state index in [0.29, 0.717) is 44.0 Å². The topological polar surface area (TPSA) is 113 Å². The standard InChI is InChI=1S/C30H30ClF2N7O2S/c1-15(21-4-3-7-39(21)2)42-29-37-25-17(28(38-29)40-8-9-41-30(14-40)12-36-13-30)10-19(31)23(24(25)33)16-5-6-20(32)26-22(16)18(11-34)27(35)43-26/h5-6,10,15,21,36H,3-4,7-9,12-14,35H2,1-2H3/t15?,21-/m0/s1. The summed E-state index contributed by atoms with van der Waals surface area (Å²) >= 11 is 7.77. The lowest BCUT2D eigenvalue weighted by molar-refractivity contribution is -0.0883. The van der Waals surface area contributed by atoms with Crippen molar-refractivity contribution in [1.82, 2.24) is 20.2 Å². The second-order valence-electron chi connectivity index (χ2n) is 11.6. The van der Waals surface area contributed by atoms with E-state index in [1.165, 1.54) is 12.1 Å². The summed E-state index contributed by atoms with van der Waals surface area (Å²) in [6.45, 7) is 5.99. The Kier molecular flexibility index (Phi) is 7.06. The van der Waals surface area contributed by atoms with Gasteiger partial charge in [0.15, 0.2) is 5.82 Å². The van der Waals surface area contributed by atoms with Gasteiger partial charge >= 0.3 is 6.01 Å². The highest BCUT2D eigenvalue weighted by Gasteiger charge is 2.43. The molecule has 1 spiro atoms. The van der Waals surface area contributed by atoms with Crippen molar-refractivity contribution in [1.29, 1.82) is 5.26 Å². The van der Waals surface area contributed by atoms with Crippen molar-refractivity contribution in [2.45, 2.75) is 37.5 Å². The first kappa shape index (κ1) is 28.4. The number of anilines is 2. The summed E-state index contributed by atoms with van der Waals surface area (Å²) in [6, 6.07) is 6.59. The molecule has 0 bridgehead atoms. The van der Waals surface area contributed by atoms with Crippen molar-refractivity contribution in [3.8, 4) is 23.2 Å². The lowest BCUT2D eigenvalue weighted by Crippen LogP contribution is -2.69. The first-order valence-electron chi connectivity index (χ1n) is 14.3. The quantitative estimate of drug-likeness (QED) is 0.319. The van der Waals surface area contributed by atoms with Crippen LogP contribution in [0, 0.1) is 23.0 Å². The van der Waals surface area contributed by atoms with Crippen LogP contribution in [0.5, 0.6) is 6.01 Å². The molecule has 3 aliphatic rings. The Morgan fingerprint density at radius 1 is 1.30 bits per heavy atom. The minimum absolute atomic E-state index is 0.00859. The molecule has 2 aromatic carbocycles. The third-order valence-corrected chi connectivity index (χ3v) is 10.2. The Morgan fingerprint density at radius 2 is 2.12 bits per heavy atom. The molecular formula is C30H30ClF2N7O2S. The van der Waals surface area contributed by atoms with Crippen molar-refractivity contribution >= 4 is 54.7 Å². The maximum Gasteiger partial charge on any atom is 0.319 e. The van der Waals surface area contributed by atoms with Gasteiger partial charge in [0.1, 0.15) is 39.9 Å². The van der Waals surface area contributed by atoms with Gasteiger partial charge in [-0.1, -0.05) is 17.7 Å². The Bertz CT molecular complexity index is 1810. The van der Waals surface area contributed by atoms with Gasteiger partial charge in [0.05, 0.1) is 28.4 Å². The first-order valence-corrected chi connectivity index (χ1v) is 15.5. The number of morpholine rings is 1. The number of fused-ring (bicyclic) bond motifs is 2. The molecule has 3 saturated heterocycles. The molecule has 1 unspecified atom stereocenters. The number of likely N-dealkylation sites (tertiary alicyclic amines) is 1. The highest BCUT2D eigenvalue weighted by atomic mass is 35.5. The number of nitrogens with zero attached hydrogens (tertiary/aromatic N) is 5. The molecule has 7 rings (SSSR count). The van der Waals surface area contributed by atoms with E-state index in [4.69, 9.17) is 31.8 Å². The fraction of sp³-hybridized carbons (Fsp3) is 0.433. The van der Waals surface area contributed by atoms with Crippen molar-refractivity contribution in [3.63, 3.8) is 0 Å². The second-order valence-corrected chi connectivity index (χ2v) is 13.1. The third kappa shape index (κ3) is 4.65. The van der Waals surface area contributed by atoms with Crippen LogP contribution in [0.25, 0.3) is 32.1 Å². The van der Waals surface area contributed by atoms with Crippen LogP contribution in [0.4, 0.5) is 19.6 Å². The zero-order valence-corrected chi connectivity index (χ0v) is 25.3. The number of halogens is 3. The number of benzene rings is 2. The smallest absolute Gasteiger partial charge is 0.319 e. The zero-order chi connectivity index (χ0) is 30.0. The lowest BCUT2D eigenvalue weighted by atomic mass is 9.94. The molecule has 0 radical (unpaired) electrons. The van der Waals surface area contributed by atoms with E-state index < -0.39 is 11.6 Å². The molecule has 224 valence electrons. The minimum Gasteiger partial charge on any atom is -0.459 e. The molecule has 9 nitrogen and oxygen atoms in total. The van der Waals surface area contributed by atoms with Gasteiger partial charge in [0.2, 0.25) is 0 Å². The monoisotopic (exact) mass is 625 g/mol. The van der Waals surface area contributed by atoms with E-state index in [-0.39, 0.29) is 66.1 Å². The van der Waals surface area contributed by atoms with Gasteiger partial charge in [-0.25, -0.2) is 8.78 Å². The molecule has 0 aliphatic carbocycles. The van der Waals surface area contributed by atoms with Gasteiger partial charge in [-0.05, 0) is 51.1 Å². The van der Waals surface area contributed by atoms with Gasteiger partial charge in [0.25, 0.3) is 0 Å². The van der Waals surface area contributed by atoms with Crippen molar-refractivity contribution in [2.75, 3.05) is 57.0 Å². The van der Waals surface area contributed by atoms with Gasteiger partial charge in [-0.15, -0.1) is 11.3 Å². The van der Waals surface area contributed by atoms with E-state index in [0.717, 1.165) is 30.7 Å². The Labute approximate surface area is 256 Å². The summed E-state index contributed by atoms with van der Waals surface area (Å²) in [5, 5.41) is 14.0. The number of hydrogen-bond acceptors (Lipinski definition) is 10. The number of nitrogens with two attached hydrogens (primary N) is 1. The number of hydrogen-bond donors (Lipinski definition) is 2. The van der Waals surface area contributed by atoms with Crippen molar-refractivity contribution < 1.29 is 18.3 Å². The average Bonchev–Trinajstić information content (AvgIpc) is 3.56. The molecule has 0 amide bonds. The fourth-order valence-corrected chi connectivity index (χ4v) is 7.87. The molecule has 0 saturated carbocycles. The van der Waals surface area contributed by atoms with Crippen LogP contribution in [0.2, 0.25) is 5.02 Å². The number of thiophene rings is 1. The van der Waals surface area contributed by atoms with Crippen LogP contribution < -0.4 is 20.7 Å². The minimum atomic E-state index is -0.712. The Morgan fingerprint density at radius 3 is 2.81 bits per heavy atom. The van der Waals surface area contributed by atoms with Crippen LogP contribution in [0.1, 0.15) is 25.3 Å². The van der Waals surface area contributed by atoms with Crippen molar-refractivity contribution in [2.24, 2.45) is 0 Å². The van der Waals surface area contributed by atoms with E-state index in [2.05, 4.69) is 27.1 Å². The highest BCUT2D eigenvalue weighted by molar-refractivity contribution is 7.23. The molecule has 3 N–H and O–H groups in total. The summed E-state index contributed by atoms with van der Waals surface area (Å²) in [7, 11) is 2.06. The predicted molar refractivity (Wildman–Crippen MR) is 164 cm³/mol. The molecule has 4 aromatic rings. The summed E-state index contributed by atoms with van der Waals surface area (Å²) in [6.07, 6.45) is 1.82. The van der Waals surface area contributed by atoms with E-state index in [9.17, 15) is 9.65 Å². The second kappa shape index (κ2) is 10.7. The third-order valence-electron chi connectivity index (χ3n) is 8.89. The number of likely N-dealkylation sites (N-methyl/N-ethyl adjacent to an activating group) is 1. The van der Waals surface area contributed by atoms with Crippen LogP contribution in [0.15, 0.2) is 18.2 Å². The fourth-order valence-electron chi connectivity index (χ4n) is 6.63. The number of ether oxygens (including phenoxy) is 2. The number of nitrogen functional groups attached to an aromatic ring is 1. The Hall–Kier alpha value is -3.34. The Balaban J connectivity index is 1.42. The number of rotatable bonds is 5. The van der Waals surface area contributed by atoms with Crippen LogP contribution in [-0.2, 0) is 4.74 Å². The molecule has 2 atom stereocenters. The zero-order valence-electron chi connectivity index (χ0n) is 23.7.